The fraction of sp³-hybridized carbons (Fsp3) is 0.417. The lowest BCUT2D eigenvalue weighted by Crippen LogP contribution is -2.24. The van der Waals surface area contributed by atoms with Gasteiger partial charge in [-0.3, -0.25) is 0 Å². The predicted molar refractivity (Wildman–Crippen MR) is 58.2 cm³/mol. The summed E-state index contributed by atoms with van der Waals surface area (Å²) in [7, 11) is 0. The van der Waals surface area contributed by atoms with Crippen molar-refractivity contribution >= 4 is 5.97 Å². The first-order chi connectivity index (χ1) is 7.29. The number of halogens is 1. The Morgan fingerprint density at radius 3 is 2.44 bits per heavy atom. The Balaban J connectivity index is 3.42. The Bertz CT molecular complexity index is 425. The van der Waals surface area contributed by atoms with Crippen LogP contribution in [-0.4, -0.2) is 22.8 Å². The zero-order valence-electron chi connectivity index (χ0n) is 9.54. The Hall–Kier alpha value is -1.42. The minimum Gasteiger partial charge on any atom is -0.478 e. The lowest BCUT2D eigenvalue weighted by molar-refractivity contribution is 0.0691. The molecule has 1 aromatic carbocycles. The Labute approximate surface area is 93.5 Å². The van der Waals surface area contributed by atoms with Crippen LogP contribution >= 0.6 is 0 Å². The fourth-order valence-corrected chi connectivity index (χ4v) is 1.65. The molecule has 2 N–H and O–H groups in total. The minimum absolute atomic E-state index is 0.126. The number of rotatable bonds is 3. The molecular weight excluding hydrogens is 211 g/mol. The SMILES string of the molecule is Cc1cc(F)c(C(=O)O)cc1C(C)(C)CO. The van der Waals surface area contributed by atoms with E-state index in [1.165, 1.54) is 12.1 Å². The van der Waals surface area contributed by atoms with Gasteiger partial charge in [0.05, 0.1) is 12.2 Å². The van der Waals surface area contributed by atoms with Gasteiger partial charge in [-0.15, -0.1) is 0 Å². The lowest BCUT2D eigenvalue weighted by Gasteiger charge is -2.25. The summed E-state index contributed by atoms with van der Waals surface area (Å²) in [6, 6.07) is 2.49. The standard InChI is InChI=1S/C12H15FO3/c1-7-4-10(13)8(11(15)16)5-9(7)12(2,3)6-14/h4-5,14H,6H2,1-3H3,(H,15,16). The van der Waals surface area contributed by atoms with E-state index < -0.39 is 17.2 Å². The van der Waals surface area contributed by atoms with E-state index in [0.29, 0.717) is 11.1 Å². The second-order valence-corrected chi connectivity index (χ2v) is 4.49. The van der Waals surface area contributed by atoms with Crippen LogP contribution in [-0.2, 0) is 5.41 Å². The number of hydrogen-bond donors (Lipinski definition) is 2. The third kappa shape index (κ3) is 2.22. The Kier molecular flexibility index (Phi) is 3.33. The number of carbonyl (C=O) groups is 1. The fourth-order valence-electron chi connectivity index (χ4n) is 1.65. The van der Waals surface area contributed by atoms with Crippen molar-refractivity contribution < 1.29 is 19.4 Å². The average Bonchev–Trinajstić information content (AvgIpc) is 2.16. The third-order valence-electron chi connectivity index (χ3n) is 2.67. The summed E-state index contributed by atoms with van der Waals surface area (Å²) < 4.78 is 13.3. The maximum atomic E-state index is 13.3. The van der Waals surface area contributed by atoms with Crippen molar-refractivity contribution in [3.8, 4) is 0 Å². The van der Waals surface area contributed by atoms with Gasteiger partial charge in [0.1, 0.15) is 5.82 Å². The van der Waals surface area contributed by atoms with Crippen molar-refractivity contribution in [3.05, 3.63) is 34.6 Å². The highest BCUT2D eigenvalue weighted by atomic mass is 19.1. The number of hydrogen-bond acceptors (Lipinski definition) is 2. The molecule has 0 spiro atoms. The van der Waals surface area contributed by atoms with Gasteiger partial charge in [0.2, 0.25) is 0 Å². The number of benzene rings is 1. The molecule has 0 saturated carbocycles. The summed E-state index contributed by atoms with van der Waals surface area (Å²) in [6.45, 7) is 5.12. The molecule has 0 unspecified atom stereocenters. The van der Waals surface area contributed by atoms with E-state index >= 15 is 0 Å². The number of aliphatic hydroxyl groups excluding tert-OH is 1. The zero-order valence-corrected chi connectivity index (χ0v) is 9.54. The topological polar surface area (TPSA) is 57.5 Å². The van der Waals surface area contributed by atoms with Crippen LogP contribution in [0.25, 0.3) is 0 Å². The number of aryl methyl sites for hydroxylation is 1. The highest BCUT2D eigenvalue weighted by Crippen LogP contribution is 2.28. The van der Waals surface area contributed by atoms with Crippen LogP contribution in [0.15, 0.2) is 12.1 Å². The molecule has 0 aliphatic rings. The molecule has 4 heteroatoms. The molecule has 0 bridgehead atoms. The van der Waals surface area contributed by atoms with Gasteiger partial charge in [0.15, 0.2) is 0 Å². The molecule has 0 radical (unpaired) electrons. The number of carboxylic acid groups (broad SMARTS) is 1. The second kappa shape index (κ2) is 4.22. The monoisotopic (exact) mass is 226 g/mol. The van der Waals surface area contributed by atoms with E-state index in [2.05, 4.69) is 0 Å². The molecule has 1 aromatic rings. The highest BCUT2D eigenvalue weighted by Gasteiger charge is 2.24. The highest BCUT2D eigenvalue weighted by molar-refractivity contribution is 5.88. The summed E-state index contributed by atoms with van der Waals surface area (Å²) in [5.74, 6) is -2.05. The number of carboxylic acids is 1. The van der Waals surface area contributed by atoms with E-state index in [1.54, 1.807) is 20.8 Å². The molecule has 0 heterocycles. The van der Waals surface area contributed by atoms with E-state index in [1.807, 2.05) is 0 Å². The molecule has 0 amide bonds. The number of aromatic carboxylic acids is 1. The first-order valence-electron chi connectivity index (χ1n) is 4.94. The van der Waals surface area contributed by atoms with E-state index in [-0.39, 0.29) is 12.2 Å². The molecule has 0 aromatic heterocycles. The van der Waals surface area contributed by atoms with E-state index in [4.69, 9.17) is 5.11 Å². The summed E-state index contributed by atoms with van der Waals surface area (Å²) in [4.78, 5) is 10.8. The van der Waals surface area contributed by atoms with E-state index in [0.717, 1.165) is 0 Å². The van der Waals surface area contributed by atoms with Crippen LogP contribution in [0, 0.1) is 12.7 Å². The summed E-state index contributed by atoms with van der Waals surface area (Å²) in [6.07, 6.45) is 0. The van der Waals surface area contributed by atoms with Crippen molar-refractivity contribution in [2.45, 2.75) is 26.2 Å². The normalized spacial score (nSPS) is 11.6. The quantitative estimate of drug-likeness (QED) is 0.829. The van der Waals surface area contributed by atoms with Crippen LogP contribution in [0.4, 0.5) is 4.39 Å². The van der Waals surface area contributed by atoms with Crippen LogP contribution < -0.4 is 0 Å². The first kappa shape index (κ1) is 12.6. The van der Waals surface area contributed by atoms with Crippen LogP contribution in [0.3, 0.4) is 0 Å². The molecule has 0 aliphatic carbocycles. The molecule has 0 atom stereocenters. The maximum absolute atomic E-state index is 13.3. The molecule has 0 saturated heterocycles. The van der Waals surface area contributed by atoms with Crippen molar-refractivity contribution in [1.82, 2.24) is 0 Å². The van der Waals surface area contributed by atoms with Gasteiger partial charge in [-0.1, -0.05) is 13.8 Å². The van der Waals surface area contributed by atoms with Gasteiger partial charge in [0.25, 0.3) is 0 Å². The smallest absolute Gasteiger partial charge is 0.338 e. The van der Waals surface area contributed by atoms with E-state index in [9.17, 15) is 14.3 Å². The maximum Gasteiger partial charge on any atom is 0.338 e. The van der Waals surface area contributed by atoms with Gasteiger partial charge < -0.3 is 10.2 Å². The first-order valence-corrected chi connectivity index (χ1v) is 4.94. The van der Waals surface area contributed by atoms with Gasteiger partial charge in [-0.05, 0) is 30.2 Å². The predicted octanol–water partition coefficient (Wildman–Crippen LogP) is 2.10. The zero-order chi connectivity index (χ0) is 12.5. The summed E-state index contributed by atoms with van der Waals surface area (Å²) in [5.41, 5.74) is 0.347. The molecule has 88 valence electrons. The minimum atomic E-state index is -1.30. The second-order valence-electron chi connectivity index (χ2n) is 4.49. The van der Waals surface area contributed by atoms with Crippen LogP contribution in [0.2, 0.25) is 0 Å². The Morgan fingerprint density at radius 2 is 2.00 bits per heavy atom. The molecule has 1 rings (SSSR count). The van der Waals surface area contributed by atoms with Crippen molar-refractivity contribution in [2.24, 2.45) is 0 Å². The van der Waals surface area contributed by atoms with Gasteiger partial charge in [-0.2, -0.15) is 0 Å². The van der Waals surface area contributed by atoms with Crippen molar-refractivity contribution in [3.63, 3.8) is 0 Å². The molecule has 0 fully saturated rings. The van der Waals surface area contributed by atoms with Gasteiger partial charge >= 0.3 is 5.97 Å². The Morgan fingerprint density at radius 1 is 1.44 bits per heavy atom. The molecule has 0 aliphatic heterocycles. The van der Waals surface area contributed by atoms with Gasteiger partial charge in [-0.25, -0.2) is 9.18 Å². The summed E-state index contributed by atoms with van der Waals surface area (Å²) >= 11 is 0. The average molecular weight is 226 g/mol. The van der Waals surface area contributed by atoms with Crippen molar-refractivity contribution in [2.75, 3.05) is 6.61 Å². The molecular formula is C12H15FO3. The molecule has 3 nitrogen and oxygen atoms in total. The van der Waals surface area contributed by atoms with Crippen molar-refractivity contribution in [1.29, 1.82) is 0 Å². The third-order valence-corrected chi connectivity index (χ3v) is 2.67. The lowest BCUT2D eigenvalue weighted by atomic mass is 9.82. The number of aliphatic hydroxyl groups is 1. The van der Waals surface area contributed by atoms with Gasteiger partial charge in [0, 0.05) is 5.41 Å². The van der Waals surface area contributed by atoms with Crippen LogP contribution in [0.1, 0.15) is 35.3 Å². The summed E-state index contributed by atoms with van der Waals surface area (Å²) in [5, 5.41) is 18.0. The molecule has 16 heavy (non-hydrogen) atoms. The van der Waals surface area contributed by atoms with Crippen LogP contribution in [0.5, 0.6) is 0 Å². The largest absolute Gasteiger partial charge is 0.478 e.